The number of furan rings is 1. The van der Waals surface area contributed by atoms with E-state index in [0.717, 1.165) is 10.3 Å². The number of benzene rings is 1. The van der Waals surface area contributed by atoms with Crippen LogP contribution in [0.4, 0.5) is 0 Å². The molecule has 86 valence electrons. The van der Waals surface area contributed by atoms with Gasteiger partial charge in [-0.25, -0.2) is 0 Å². The van der Waals surface area contributed by atoms with Crippen LogP contribution in [0.2, 0.25) is 0 Å². The van der Waals surface area contributed by atoms with Crippen molar-refractivity contribution in [1.82, 2.24) is 0 Å². The second-order valence-electron chi connectivity index (χ2n) is 3.79. The van der Waals surface area contributed by atoms with Gasteiger partial charge in [0.1, 0.15) is 17.4 Å². The quantitative estimate of drug-likeness (QED) is 0.729. The van der Waals surface area contributed by atoms with Crippen LogP contribution in [-0.4, -0.2) is 10.2 Å². The summed E-state index contributed by atoms with van der Waals surface area (Å²) in [6, 6.07) is 8.62. The van der Waals surface area contributed by atoms with Crippen LogP contribution < -0.4 is 0 Å². The summed E-state index contributed by atoms with van der Waals surface area (Å²) in [4.78, 5) is 0.857. The normalized spacial score (nSPS) is 13.0. The molecule has 3 rings (SSSR count). The highest BCUT2D eigenvalue weighted by Crippen LogP contribution is 2.33. The fourth-order valence-electron chi connectivity index (χ4n) is 1.85. The van der Waals surface area contributed by atoms with Crippen molar-refractivity contribution >= 4 is 22.3 Å². The first-order valence-electron chi connectivity index (χ1n) is 5.17. The van der Waals surface area contributed by atoms with Gasteiger partial charge in [0, 0.05) is 15.8 Å². The number of aliphatic hydroxyl groups is 1. The Bertz CT molecular complexity index is 640. The van der Waals surface area contributed by atoms with Crippen LogP contribution in [0.3, 0.4) is 0 Å². The molecule has 17 heavy (non-hydrogen) atoms. The van der Waals surface area contributed by atoms with Crippen LogP contribution in [0.1, 0.15) is 16.5 Å². The van der Waals surface area contributed by atoms with Gasteiger partial charge in [0.05, 0.1) is 6.26 Å². The third-order valence-corrected chi connectivity index (χ3v) is 3.62. The van der Waals surface area contributed by atoms with Crippen LogP contribution in [0.15, 0.2) is 46.4 Å². The van der Waals surface area contributed by atoms with Crippen LogP contribution in [0.25, 0.3) is 11.0 Å². The maximum atomic E-state index is 10.2. The largest absolute Gasteiger partial charge is 0.508 e. The van der Waals surface area contributed by atoms with E-state index in [0.29, 0.717) is 11.1 Å². The van der Waals surface area contributed by atoms with E-state index in [1.165, 1.54) is 17.6 Å². The predicted molar refractivity (Wildman–Crippen MR) is 66.3 cm³/mol. The molecule has 0 aliphatic carbocycles. The summed E-state index contributed by atoms with van der Waals surface area (Å²) in [6.07, 6.45) is 0.826. The Morgan fingerprint density at radius 3 is 2.88 bits per heavy atom. The lowest BCUT2D eigenvalue weighted by Gasteiger charge is -2.06. The predicted octanol–water partition coefficient (Wildman–Crippen LogP) is 3.28. The first-order valence-corrected chi connectivity index (χ1v) is 6.05. The molecule has 3 aromatic rings. The molecule has 4 heteroatoms. The molecule has 0 radical (unpaired) electrons. The zero-order valence-corrected chi connectivity index (χ0v) is 9.65. The van der Waals surface area contributed by atoms with Crippen molar-refractivity contribution in [2.24, 2.45) is 0 Å². The summed E-state index contributed by atoms with van der Waals surface area (Å²) in [7, 11) is 0. The van der Waals surface area contributed by atoms with E-state index in [4.69, 9.17) is 4.42 Å². The van der Waals surface area contributed by atoms with Gasteiger partial charge in [-0.2, -0.15) is 0 Å². The molecule has 0 unspecified atom stereocenters. The molecule has 0 bridgehead atoms. The van der Waals surface area contributed by atoms with Gasteiger partial charge in [-0.3, -0.25) is 0 Å². The van der Waals surface area contributed by atoms with Crippen LogP contribution in [0.5, 0.6) is 5.75 Å². The minimum Gasteiger partial charge on any atom is -0.508 e. The van der Waals surface area contributed by atoms with Crippen LogP contribution >= 0.6 is 11.3 Å². The second-order valence-corrected chi connectivity index (χ2v) is 4.77. The zero-order chi connectivity index (χ0) is 11.8. The van der Waals surface area contributed by atoms with E-state index in [9.17, 15) is 10.2 Å². The highest BCUT2D eigenvalue weighted by atomic mass is 32.1. The summed E-state index contributed by atoms with van der Waals surface area (Å²) < 4.78 is 5.36. The number of hydrogen-bond acceptors (Lipinski definition) is 4. The number of aromatic hydroxyl groups is 1. The summed E-state index contributed by atoms with van der Waals surface area (Å²) in [6.45, 7) is 0. The minimum atomic E-state index is -0.710. The molecular formula is C13H10O3S. The molecule has 2 heterocycles. The minimum absolute atomic E-state index is 0.165. The standard InChI is InChI=1S/C13H10O3S/c14-8-3-4-11-9(6-8)10(7-16-11)13(15)12-2-1-5-17-12/h1-7,13-15H/t13-/m1/s1. The van der Waals surface area contributed by atoms with Crippen molar-refractivity contribution in [1.29, 1.82) is 0 Å². The molecule has 0 fully saturated rings. The summed E-state index contributed by atoms with van der Waals surface area (Å²) >= 11 is 1.49. The maximum absolute atomic E-state index is 10.2. The highest BCUT2D eigenvalue weighted by molar-refractivity contribution is 7.10. The average molecular weight is 246 g/mol. The van der Waals surface area contributed by atoms with Crippen LogP contribution in [0, 0.1) is 0 Å². The van der Waals surface area contributed by atoms with E-state index in [2.05, 4.69) is 0 Å². The van der Waals surface area contributed by atoms with E-state index in [1.54, 1.807) is 18.2 Å². The van der Waals surface area contributed by atoms with E-state index >= 15 is 0 Å². The van der Waals surface area contributed by atoms with Gasteiger partial charge in [-0.1, -0.05) is 6.07 Å². The number of rotatable bonds is 2. The number of thiophene rings is 1. The third-order valence-electron chi connectivity index (χ3n) is 2.69. The average Bonchev–Trinajstić information content (AvgIpc) is 2.97. The lowest BCUT2D eigenvalue weighted by Crippen LogP contribution is -1.95. The topological polar surface area (TPSA) is 53.6 Å². The van der Waals surface area contributed by atoms with Crippen molar-refractivity contribution in [3.8, 4) is 5.75 Å². The summed E-state index contributed by atoms with van der Waals surface area (Å²) in [5, 5.41) is 22.3. The Hall–Kier alpha value is -1.78. The van der Waals surface area contributed by atoms with E-state index in [1.807, 2.05) is 17.5 Å². The van der Waals surface area contributed by atoms with Gasteiger partial charge in [0.2, 0.25) is 0 Å². The number of phenolic OH excluding ortho intramolecular Hbond substituents is 1. The molecule has 0 spiro atoms. The van der Waals surface area contributed by atoms with Crippen molar-refractivity contribution in [3.05, 3.63) is 52.4 Å². The molecule has 1 aromatic carbocycles. The Kier molecular flexibility index (Phi) is 2.39. The van der Waals surface area contributed by atoms with Gasteiger partial charge < -0.3 is 14.6 Å². The van der Waals surface area contributed by atoms with Gasteiger partial charge in [-0.05, 0) is 29.6 Å². The molecular weight excluding hydrogens is 236 g/mol. The molecule has 0 saturated heterocycles. The van der Waals surface area contributed by atoms with E-state index < -0.39 is 6.10 Å². The third kappa shape index (κ3) is 1.71. The lowest BCUT2D eigenvalue weighted by molar-refractivity contribution is 0.224. The van der Waals surface area contributed by atoms with Crippen molar-refractivity contribution in [3.63, 3.8) is 0 Å². The summed E-state index contributed by atoms with van der Waals surface area (Å²) in [5.41, 5.74) is 1.34. The molecule has 2 N–H and O–H groups in total. The molecule has 1 atom stereocenters. The molecule has 2 aromatic heterocycles. The zero-order valence-electron chi connectivity index (χ0n) is 8.83. The SMILES string of the molecule is Oc1ccc2occ([C@@H](O)c3cccs3)c2c1. The van der Waals surface area contributed by atoms with Gasteiger partial charge in [-0.15, -0.1) is 11.3 Å². The van der Waals surface area contributed by atoms with Gasteiger partial charge in [0.15, 0.2) is 0 Å². The summed E-state index contributed by atoms with van der Waals surface area (Å²) in [5.74, 6) is 0.165. The molecule has 0 saturated carbocycles. The molecule has 0 aliphatic heterocycles. The fourth-order valence-corrected chi connectivity index (χ4v) is 2.58. The number of phenols is 1. The molecule has 0 amide bonds. The first kappa shape index (κ1) is 10.4. The van der Waals surface area contributed by atoms with Crippen molar-refractivity contribution in [2.45, 2.75) is 6.10 Å². The highest BCUT2D eigenvalue weighted by Gasteiger charge is 2.17. The van der Waals surface area contributed by atoms with Crippen molar-refractivity contribution in [2.75, 3.05) is 0 Å². The Morgan fingerprint density at radius 1 is 1.24 bits per heavy atom. The monoisotopic (exact) mass is 246 g/mol. The second kappa shape index (κ2) is 3.91. The maximum Gasteiger partial charge on any atom is 0.134 e. The number of hydrogen-bond donors (Lipinski definition) is 2. The van der Waals surface area contributed by atoms with E-state index in [-0.39, 0.29) is 5.75 Å². The van der Waals surface area contributed by atoms with Crippen LogP contribution in [-0.2, 0) is 0 Å². The first-order chi connectivity index (χ1) is 8.25. The molecule has 3 nitrogen and oxygen atoms in total. The molecule has 0 aliphatic rings. The number of aliphatic hydroxyl groups excluding tert-OH is 1. The lowest BCUT2D eigenvalue weighted by atomic mass is 10.1. The number of fused-ring (bicyclic) bond motifs is 1. The Balaban J connectivity index is 2.14. The Morgan fingerprint density at radius 2 is 2.12 bits per heavy atom. The van der Waals surface area contributed by atoms with Gasteiger partial charge >= 0.3 is 0 Å². The van der Waals surface area contributed by atoms with Gasteiger partial charge in [0.25, 0.3) is 0 Å². The van der Waals surface area contributed by atoms with Crippen molar-refractivity contribution < 1.29 is 14.6 Å². The fraction of sp³-hybridized carbons (Fsp3) is 0.0769. The smallest absolute Gasteiger partial charge is 0.134 e. The Labute approximate surface area is 102 Å².